The molecule has 0 aliphatic carbocycles. The van der Waals surface area contributed by atoms with E-state index in [4.69, 9.17) is 28.6 Å². The van der Waals surface area contributed by atoms with Crippen molar-refractivity contribution in [2.45, 2.75) is 26.8 Å². The van der Waals surface area contributed by atoms with E-state index in [2.05, 4.69) is 27.9 Å². The van der Waals surface area contributed by atoms with Crippen molar-refractivity contribution in [3.8, 4) is 0 Å². The third kappa shape index (κ3) is 5.90. The Labute approximate surface area is 218 Å². The Balaban J connectivity index is 1.51. The van der Waals surface area contributed by atoms with Gasteiger partial charge in [0.25, 0.3) is 0 Å². The van der Waals surface area contributed by atoms with Gasteiger partial charge < -0.3 is 15.4 Å². The Morgan fingerprint density at radius 3 is 2.54 bits per heavy atom. The molecule has 35 heavy (non-hydrogen) atoms. The van der Waals surface area contributed by atoms with Crippen LogP contribution in [0.5, 0.6) is 0 Å². The third-order valence-corrected chi connectivity index (χ3v) is 7.16. The average Bonchev–Trinajstić information content (AvgIpc) is 3.35. The number of carbonyl (C=O) groups is 1. The van der Waals surface area contributed by atoms with Crippen LogP contribution in [-0.2, 0) is 17.7 Å². The van der Waals surface area contributed by atoms with Crippen LogP contribution in [0.15, 0.2) is 60.7 Å². The van der Waals surface area contributed by atoms with Crippen molar-refractivity contribution in [1.82, 2.24) is 9.78 Å². The summed E-state index contributed by atoms with van der Waals surface area (Å²) in [6, 6.07) is 19.7. The number of halogens is 1. The van der Waals surface area contributed by atoms with E-state index in [9.17, 15) is 4.79 Å². The van der Waals surface area contributed by atoms with Crippen LogP contribution in [0.4, 0.5) is 10.7 Å². The number of benzene rings is 2. The number of hydrogen-bond donors (Lipinski definition) is 2. The first kappa shape index (κ1) is 24.9. The van der Waals surface area contributed by atoms with Crippen LogP contribution in [0.25, 0.3) is 0 Å². The van der Waals surface area contributed by atoms with Gasteiger partial charge >= 0.3 is 5.97 Å². The number of aryl methyl sites for hydroxylation is 1. The summed E-state index contributed by atoms with van der Waals surface area (Å²) >= 11 is 13.4. The molecular weight excluding hydrogens is 500 g/mol. The molecule has 2 N–H and O–H groups in total. The summed E-state index contributed by atoms with van der Waals surface area (Å²) in [4.78, 5) is 13.4. The van der Waals surface area contributed by atoms with Gasteiger partial charge in [-0.15, -0.1) is 11.3 Å². The number of anilines is 2. The molecule has 6 nitrogen and oxygen atoms in total. The second-order valence-electron chi connectivity index (χ2n) is 7.98. The zero-order valence-corrected chi connectivity index (χ0v) is 22.0. The van der Waals surface area contributed by atoms with E-state index < -0.39 is 5.97 Å². The Bertz CT molecular complexity index is 1370. The first-order chi connectivity index (χ1) is 16.9. The lowest BCUT2D eigenvalue weighted by Gasteiger charge is -2.11. The molecule has 0 aliphatic rings. The lowest BCUT2D eigenvalue weighted by atomic mass is 10.1. The van der Waals surface area contributed by atoms with Gasteiger partial charge in [-0.25, -0.2) is 4.79 Å². The van der Waals surface area contributed by atoms with Crippen molar-refractivity contribution in [1.29, 1.82) is 0 Å². The molecule has 0 unspecified atom stereocenters. The maximum atomic E-state index is 12.4. The quantitative estimate of drug-likeness (QED) is 0.214. The standard InChI is InChI=1S/C26H25ClN4O2S2/c1-16-23(17(2)31(30-16)15-19-11-7-8-12-22(19)27)28-26(34)29-24-21(25(32)33-3)14-20(35-24)13-18-9-5-4-6-10-18/h4-12,14H,13,15H2,1-3H3,(H2,28,29,34). The Kier molecular flexibility index (Phi) is 7.85. The van der Waals surface area contributed by atoms with Crippen LogP contribution in [0.3, 0.4) is 0 Å². The fourth-order valence-electron chi connectivity index (χ4n) is 3.75. The molecule has 4 aromatic rings. The molecule has 0 bridgehead atoms. The van der Waals surface area contributed by atoms with Crippen molar-refractivity contribution >= 4 is 56.9 Å². The number of thiocarbonyl (C=S) groups is 1. The highest BCUT2D eigenvalue weighted by Gasteiger charge is 2.19. The molecule has 0 amide bonds. The highest BCUT2D eigenvalue weighted by atomic mass is 35.5. The number of rotatable bonds is 7. The minimum Gasteiger partial charge on any atom is -0.465 e. The highest BCUT2D eigenvalue weighted by molar-refractivity contribution is 7.80. The Hall–Kier alpha value is -3.20. The zero-order chi connectivity index (χ0) is 24.9. The van der Waals surface area contributed by atoms with Gasteiger partial charge in [0.05, 0.1) is 36.3 Å². The molecule has 0 saturated carbocycles. The van der Waals surface area contributed by atoms with Crippen molar-refractivity contribution < 1.29 is 9.53 Å². The summed E-state index contributed by atoms with van der Waals surface area (Å²) in [5.74, 6) is -0.411. The highest BCUT2D eigenvalue weighted by Crippen LogP contribution is 2.31. The number of ether oxygens (including phenoxy) is 1. The van der Waals surface area contributed by atoms with Gasteiger partial charge in [-0.1, -0.05) is 60.1 Å². The van der Waals surface area contributed by atoms with Crippen LogP contribution in [0, 0.1) is 13.8 Å². The number of methoxy groups -OCH3 is 1. The molecule has 0 spiro atoms. The van der Waals surface area contributed by atoms with E-state index >= 15 is 0 Å². The molecule has 4 rings (SSSR count). The van der Waals surface area contributed by atoms with Crippen LogP contribution < -0.4 is 10.6 Å². The van der Waals surface area contributed by atoms with Crippen molar-refractivity contribution in [2.24, 2.45) is 0 Å². The summed E-state index contributed by atoms with van der Waals surface area (Å²) in [7, 11) is 1.37. The average molecular weight is 525 g/mol. The second-order valence-corrected chi connectivity index (χ2v) is 9.94. The fraction of sp³-hybridized carbons (Fsp3) is 0.192. The van der Waals surface area contributed by atoms with E-state index in [0.717, 1.165) is 33.1 Å². The van der Waals surface area contributed by atoms with E-state index in [1.54, 1.807) is 0 Å². The summed E-state index contributed by atoms with van der Waals surface area (Å²) in [6.07, 6.45) is 0.713. The lowest BCUT2D eigenvalue weighted by molar-refractivity contribution is 0.0602. The molecule has 2 heterocycles. The maximum absolute atomic E-state index is 12.4. The minimum absolute atomic E-state index is 0.367. The monoisotopic (exact) mass is 524 g/mol. The molecule has 9 heteroatoms. The molecular formula is C26H25ClN4O2S2. The predicted octanol–water partition coefficient (Wildman–Crippen LogP) is 6.45. The fourth-order valence-corrected chi connectivity index (χ4v) is 5.30. The SMILES string of the molecule is COC(=O)c1cc(Cc2ccccc2)sc1NC(=S)Nc1c(C)nn(Cc2ccccc2Cl)c1C. The Morgan fingerprint density at radius 2 is 1.83 bits per heavy atom. The molecule has 2 aromatic heterocycles. The molecule has 0 atom stereocenters. The normalized spacial score (nSPS) is 10.7. The molecule has 0 fully saturated rings. The van der Waals surface area contributed by atoms with Gasteiger partial charge in [0.15, 0.2) is 5.11 Å². The maximum Gasteiger partial charge on any atom is 0.340 e. The van der Waals surface area contributed by atoms with Crippen LogP contribution in [0.1, 0.15) is 37.7 Å². The zero-order valence-electron chi connectivity index (χ0n) is 19.6. The summed E-state index contributed by atoms with van der Waals surface area (Å²) in [6.45, 7) is 4.45. The number of thiophene rings is 1. The largest absolute Gasteiger partial charge is 0.465 e. The van der Waals surface area contributed by atoms with E-state index in [-0.39, 0.29) is 0 Å². The number of carbonyl (C=O) groups excluding carboxylic acids is 1. The summed E-state index contributed by atoms with van der Waals surface area (Å²) in [5, 5.41) is 12.8. The Morgan fingerprint density at radius 1 is 1.11 bits per heavy atom. The van der Waals surface area contributed by atoms with E-state index in [1.807, 2.05) is 67.1 Å². The van der Waals surface area contributed by atoms with Crippen LogP contribution >= 0.6 is 35.2 Å². The number of nitrogens with zero attached hydrogens (tertiary/aromatic N) is 2. The van der Waals surface area contributed by atoms with Gasteiger partial charge in [0.1, 0.15) is 5.00 Å². The number of esters is 1. The van der Waals surface area contributed by atoms with Crippen molar-refractivity contribution in [3.63, 3.8) is 0 Å². The van der Waals surface area contributed by atoms with Crippen LogP contribution in [-0.4, -0.2) is 28.0 Å². The van der Waals surface area contributed by atoms with Gasteiger partial charge in [0, 0.05) is 16.3 Å². The molecule has 2 aromatic carbocycles. The summed E-state index contributed by atoms with van der Waals surface area (Å²) in [5.41, 5.74) is 5.15. The lowest BCUT2D eigenvalue weighted by Crippen LogP contribution is -2.20. The first-order valence-electron chi connectivity index (χ1n) is 11.0. The number of aromatic nitrogens is 2. The topological polar surface area (TPSA) is 68.2 Å². The van der Waals surface area contributed by atoms with Gasteiger partial charge in [0.2, 0.25) is 0 Å². The van der Waals surface area contributed by atoms with Crippen molar-refractivity contribution in [2.75, 3.05) is 17.7 Å². The predicted molar refractivity (Wildman–Crippen MR) is 147 cm³/mol. The summed E-state index contributed by atoms with van der Waals surface area (Å²) < 4.78 is 6.88. The minimum atomic E-state index is -0.411. The van der Waals surface area contributed by atoms with E-state index in [1.165, 1.54) is 18.4 Å². The second kappa shape index (κ2) is 11.0. The molecule has 0 aliphatic heterocycles. The third-order valence-electron chi connectivity index (χ3n) is 5.53. The number of nitrogens with one attached hydrogen (secondary N) is 2. The van der Waals surface area contributed by atoms with Gasteiger partial charge in [-0.3, -0.25) is 4.68 Å². The molecule has 0 saturated heterocycles. The molecule has 180 valence electrons. The van der Waals surface area contributed by atoms with Crippen molar-refractivity contribution in [3.05, 3.63) is 98.6 Å². The van der Waals surface area contributed by atoms with Crippen LogP contribution in [0.2, 0.25) is 5.02 Å². The van der Waals surface area contributed by atoms with E-state index in [0.29, 0.717) is 33.7 Å². The molecule has 0 radical (unpaired) electrons. The smallest absolute Gasteiger partial charge is 0.340 e. The van der Waals surface area contributed by atoms with Gasteiger partial charge in [-0.2, -0.15) is 5.10 Å². The van der Waals surface area contributed by atoms with Gasteiger partial charge in [-0.05, 0) is 49.3 Å². The number of hydrogen-bond acceptors (Lipinski definition) is 5. The first-order valence-corrected chi connectivity index (χ1v) is 12.6.